The van der Waals surface area contributed by atoms with Crippen molar-refractivity contribution in [1.82, 2.24) is 0 Å². The van der Waals surface area contributed by atoms with Gasteiger partial charge in [-0.2, -0.15) is 0 Å². The molecule has 0 atom stereocenters. The maximum atomic E-state index is 4.80. The van der Waals surface area contributed by atoms with Crippen LogP contribution in [-0.2, 0) is 0 Å². The van der Waals surface area contributed by atoms with Crippen LogP contribution in [0, 0.1) is 0 Å². The van der Waals surface area contributed by atoms with Crippen molar-refractivity contribution in [3.63, 3.8) is 0 Å². The van der Waals surface area contributed by atoms with E-state index in [0.29, 0.717) is 6.61 Å². The lowest BCUT2D eigenvalue weighted by Crippen LogP contribution is -1.83. The zero-order valence-corrected chi connectivity index (χ0v) is 4.56. The summed E-state index contributed by atoms with van der Waals surface area (Å²) in [5.41, 5.74) is 0. The van der Waals surface area contributed by atoms with Crippen LogP contribution in [0.3, 0.4) is 0 Å². The van der Waals surface area contributed by atoms with E-state index in [1.807, 2.05) is 0 Å². The van der Waals surface area contributed by atoms with E-state index >= 15 is 0 Å². The molecule has 0 N–H and O–H groups in total. The van der Waals surface area contributed by atoms with Crippen molar-refractivity contribution in [2.45, 2.75) is 0 Å². The van der Waals surface area contributed by atoms with Crippen molar-refractivity contribution in [3.05, 3.63) is 12.7 Å². The van der Waals surface area contributed by atoms with E-state index in [2.05, 4.69) is 15.3 Å². The standard InChI is InChI=1S/C3H5O3P/c1-2-3-4-7-5-6-7/h2H,1,3H2. The van der Waals surface area contributed by atoms with E-state index in [1.54, 1.807) is 6.08 Å². The second-order valence-electron chi connectivity index (χ2n) is 0.957. The molecule has 0 amide bonds. The van der Waals surface area contributed by atoms with Crippen molar-refractivity contribution in [2.24, 2.45) is 0 Å². The van der Waals surface area contributed by atoms with Gasteiger partial charge in [0.2, 0.25) is 0 Å². The van der Waals surface area contributed by atoms with E-state index in [-0.39, 0.29) is 0 Å². The quantitative estimate of drug-likeness (QED) is 0.447. The minimum absolute atomic E-state index is 0.506. The highest BCUT2D eigenvalue weighted by atomic mass is 31.1. The highest BCUT2D eigenvalue weighted by Gasteiger charge is 2.04. The maximum Gasteiger partial charge on any atom is 0.468 e. The molecule has 0 aliphatic rings. The van der Waals surface area contributed by atoms with Crippen LogP contribution in [0.1, 0.15) is 0 Å². The minimum Gasteiger partial charge on any atom is -0.267 e. The summed E-state index contributed by atoms with van der Waals surface area (Å²) in [6, 6.07) is 0. The van der Waals surface area contributed by atoms with Crippen LogP contribution < -0.4 is 4.52 Å². The topological polar surface area (TPSA) is 35.5 Å². The Bertz CT molecular complexity index is 118. The number of rotatable bonds is 3. The first-order chi connectivity index (χ1) is 3.43. The normalized spacial score (nSPS) is 9.71. The molecular weight excluding hydrogens is 115 g/mol. The predicted octanol–water partition coefficient (Wildman–Crippen LogP) is 1.47. The first-order valence-electron chi connectivity index (χ1n) is 1.82. The van der Waals surface area contributed by atoms with E-state index < -0.39 is 8.24 Å². The Morgan fingerprint density at radius 2 is 2.43 bits per heavy atom. The van der Waals surface area contributed by atoms with Crippen molar-refractivity contribution in [2.75, 3.05) is 6.61 Å². The number of hydrogen-bond donors (Lipinski definition) is 0. The average molecular weight is 120 g/mol. The van der Waals surface area contributed by atoms with Crippen molar-refractivity contribution in [3.8, 4) is 0 Å². The SMILES string of the molecule is C=CCOp1oo1. The molecule has 40 valence electrons. The Morgan fingerprint density at radius 3 is 2.86 bits per heavy atom. The summed E-state index contributed by atoms with van der Waals surface area (Å²) in [6.07, 6.45) is 1.65. The monoisotopic (exact) mass is 120 g/mol. The van der Waals surface area contributed by atoms with Gasteiger partial charge in [0.1, 0.15) is 0 Å². The molecule has 0 aromatic carbocycles. The molecule has 0 aliphatic carbocycles. The minimum atomic E-state index is -0.928. The smallest absolute Gasteiger partial charge is 0.267 e. The molecule has 4 heteroatoms. The highest BCUT2D eigenvalue weighted by Crippen LogP contribution is 2.31. The third-order valence-electron chi connectivity index (χ3n) is 0.433. The van der Waals surface area contributed by atoms with Gasteiger partial charge in [0.15, 0.2) is 0 Å². The van der Waals surface area contributed by atoms with Gasteiger partial charge < -0.3 is 0 Å². The molecule has 3 nitrogen and oxygen atoms in total. The second kappa shape index (κ2) is 2.05. The zero-order valence-electron chi connectivity index (χ0n) is 3.66. The molecule has 0 fully saturated rings. The van der Waals surface area contributed by atoms with Crippen LogP contribution in [0.2, 0.25) is 0 Å². The fourth-order valence-corrected chi connectivity index (χ4v) is 0.592. The van der Waals surface area contributed by atoms with E-state index in [4.69, 9.17) is 4.52 Å². The van der Waals surface area contributed by atoms with Crippen LogP contribution in [0.4, 0.5) is 0 Å². The van der Waals surface area contributed by atoms with Gasteiger partial charge in [-0.15, -0.1) is 6.58 Å². The van der Waals surface area contributed by atoms with Gasteiger partial charge in [-0.25, -0.2) is 8.71 Å². The summed E-state index contributed by atoms with van der Waals surface area (Å²) in [7, 11) is -0.928. The predicted molar refractivity (Wildman–Crippen MR) is 25.3 cm³/mol. The molecule has 0 spiro atoms. The van der Waals surface area contributed by atoms with Gasteiger partial charge in [-0.1, -0.05) is 6.08 Å². The Balaban J connectivity index is 2.04. The third kappa shape index (κ3) is 1.67. The van der Waals surface area contributed by atoms with Gasteiger partial charge >= 0.3 is 8.24 Å². The fraction of sp³-hybridized carbons (Fsp3) is 0.333. The summed E-state index contributed by atoms with van der Waals surface area (Å²) in [6.45, 7) is 3.94. The molecule has 0 bridgehead atoms. The lowest BCUT2D eigenvalue weighted by Gasteiger charge is -1.76. The molecule has 7 heavy (non-hydrogen) atoms. The van der Waals surface area contributed by atoms with E-state index in [9.17, 15) is 0 Å². The molecule has 1 heterocycles. The van der Waals surface area contributed by atoms with Gasteiger partial charge in [-0.3, -0.25) is 4.52 Å². The van der Waals surface area contributed by atoms with Gasteiger partial charge in [0.25, 0.3) is 0 Å². The Labute approximate surface area is 41.8 Å². The lowest BCUT2D eigenvalue weighted by atomic mass is 10.7. The average Bonchev–Trinajstić information content (AvgIpc) is 2.42. The zero-order chi connectivity index (χ0) is 5.11. The molecule has 0 radical (unpaired) electrons. The molecular formula is C3H5O3P. The van der Waals surface area contributed by atoms with Crippen LogP contribution >= 0.6 is 8.24 Å². The Kier molecular flexibility index (Phi) is 1.39. The summed E-state index contributed by atoms with van der Waals surface area (Å²) < 4.78 is 13.4. The van der Waals surface area contributed by atoms with Crippen molar-refractivity contribution >= 4 is 8.24 Å². The van der Waals surface area contributed by atoms with Crippen molar-refractivity contribution < 1.29 is 13.2 Å². The summed E-state index contributed by atoms with van der Waals surface area (Å²) in [5, 5.41) is 0. The van der Waals surface area contributed by atoms with Crippen LogP contribution in [0.5, 0.6) is 0 Å². The summed E-state index contributed by atoms with van der Waals surface area (Å²) >= 11 is 0. The Morgan fingerprint density at radius 1 is 1.71 bits per heavy atom. The fourth-order valence-electron chi connectivity index (χ4n) is 0.170. The van der Waals surface area contributed by atoms with E-state index in [1.165, 1.54) is 0 Å². The molecule has 1 aromatic heterocycles. The number of hydrogen-bond acceptors (Lipinski definition) is 3. The molecule has 0 unspecified atom stereocenters. The van der Waals surface area contributed by atoms with Gasteiger partial charge in [-0.05, 0) is 0 Å². The highest BCUT2D eigenvalue weighted by molar-refractivity contribution is 7.33. The van der Waals surface area contributed by atoms with E-state index in [0.717, 1.165) is 0 Å². The molecule has 0 saturated carbocycles. The second-order valence-corrected chi connectivity index (χ2v) is 1.96. The third-order valence-corrected chi connectivity index (χ3v) is 1.06. The maximum absolute atomic E-state index is 4.80. The molecule has 1 aromatic rings. The van der Waals surface area contributed by atoms with Crippen molar-refractivity contribution in [1.29, 1.82) is 0 Å². The van der Waals surface area contributed by atoms with Crippen LogP contribution in [0.25, 0.3) is 0 Å². The summed E-state index contributed by atoms with van der Waals surface area (Å²) in [5.74, 6) is 0. The van der Waals surface area contributed by atoms with Crippen LogP contribution in [-0.4, -0.2) is 6.61 Å². The summed E-state index contributed by atoms with van der Waals surface area (Å²) in [4.78, 5) is 0. The van der Waals surface area contributed by atoms with Gasteiger partial charge in [0, 0.05) is 0 Å². The molecule has 0 aliphatic heterocycles. The van der Waals surface area contributed by atoms with Gasteiger partial charge in [0.05, 0.1) is 6.61 Å². The first kappa shape index (κ1) is 4.75. The lowest BCUT2D eigenvalue weighted by molar-refractivity contribution is 0.264. The largest absolute Gasteiger partial charge is 0.468 e. The molecule has 1 rings (SSSR count). The molecule has 0 saturated heterocycles. The first-order valence-corrected chi connectivity index (χ1v) is 2.92. The Hall–Kier alpha value is -0.400. The van der Waals surface area contributed by atoms with Crippen LogP contribution in [0.15, 0.2) is 21.4 Å².